The van der Waals surface area contributed by atoms with Crippen LogP contribution in [0.1, 0.15) is 22.0 Å². The van der Waals surface area contributed by atoms with Crippen molar-refractivity contribution in [3.05, 3.63) is 46.2 Å². The fourth-order valence-corrected chi connectivity index (χ4v) is 2.35. The number of hydrogen-bond donors (Lipinski definition) is 3. The lowest BCUT2D eigenvalue weighted by molar-refractivity contribution is -0.139. The lowest BCUT2D eigenvalue weighted by Gasteiger charge is -2.13. The fraction of sp³-hybridized carbons (Fsp3) is 0.154. The van der Waals surface area contributed by atoms with Crippen molar-refractivity contribution in [2.45, 2.75) is 6.04 Å². The zero-order valence-corrected chi connectivity index (χ0v) is 12.7. The van der Waals surface area contributed by atoms with E-state index in [-0.39, 0.29) is 5.56 Å². The van der Waals surface area contributed by atoms with Crippen molar-refractivity contribution in [2.24, 2.45) is 7.05 Å². The van der Waals surface area contributed by atoms with Gasteiger partial charge in [0.1, 0.15) is 0 Å². The van der Waals surface area contributed by atoms with Crippen LogP contribution < -0.4 is 11.1 Å². The molecule has 0 aliphatic rings. The Labute approximate surface area is 128 Å². The number of carboxylic acids is 1. The summed E-state index contributed by atoms with van der Waals surface area (Å²) >= 11 is 3.24. The Balaban J connectivity index is 2.24. The van der Waals surface area contributed by atoms with E-state index < -0.39 is 17.9 Å². The number of carbonyl (C=O) groups is 2. The highest BCUT2D eigenvalue weighted by Crippen LogP contribution is 2.19. The van der Waals surface area contributed by atoms with E-state index >= 15 is 0 Å². The zero-order valence-electron chi connectivity index (χ0n) is 11.1. The number of anilines is 1. The van der Waals surface area contributed by atoms with Crippen molar-refractivity contribution < 1.29 is 14.7 Å². The number of amides is 1. The standard InChI is InChI=1S/C13H13BrN4O3/c1-18-6-8(5-16-18)11(13(20)21)17-12(19)7-2-9(14)4-10(15)3-7/h2-6,11H,15H2,1H3,(H,17,19)(H,20,21). The molecule has 0 fully saturated rings. The van der Waals surface area contributed by atoms with Gasteiger partial charge in [0, 0.05) is 34.5 Å². The third kappa shape index (κ3) is 3.60. The summed E-state index contributed by atoms with van der Waals surface area (Å²) in [6.45, 7) is 0. The first-order valence-corrected chi connectivity index (χ1v) is 6.74. The minimum absolute atomic E-state index is 0.275. The molecule has 7 nitrogen and oxygen atoms in total. The molecule has 0 aliphatic heterocycles. The third-order valence-electron chi connectivity index (χ3n) is 2.76. The van der Waals surface area contributed by atoms with E-state index in [9.17, 15) is 14.7 Å². The van der Waals surface area contributed by atoms with Crippen molar-refractivity contribution in [3.8, 4) is 0 Å². The van der Waals surface area contributed by atoms with E-state index in [1.54, 1.807) is 19.2 Å². The van der Waals surface area contributed by atoms with Gasteiger partial charge >= 0.3 is 5.97 Å². The molecule has 1 aromatic heterocycles. The number of nitrogens with zero attached hydrogens (tertiary/aromatic N) is 2. The summed E-state index contributed by atoms with van der Waals surface area (Å²) < 4.78 is 2.11. The summed E-state index contributed by atoms with van der Waals surface area (Å²) in [4.78, 5) is 23.5. The predicted octanol–water partition coefficient (Wildman–Crippen LogP) is 1.32. The molecule has 0 spiro atoms. The topological polar surface area (TPSA) is 110 Å². The number of rotatable bonds is 4. The zero-order chi connectivity index (χ0) is 15.6. The second-order valence-corrected chi connectivity index (χ2v) is 5.38. The lowest BCUT2D eigenvalue weighted by atomic mass is 10.1. The molecule has 1 heterocycles. The molecule has 8 heteroatoms. The van der Waals surface area contributed by atoms with Gasteiger partial charge in [-0.2, -0.15) is 5.10 Å². The van der Waals surface area contributed by atoms with Crippen LogP contribution in [0.2, 0.25) is 0 Å². The van der Waals surface area contributed by atoms with Crippen LogP contribution in [0.25, 0.3) is 0 Å². The molecule has 2 rings (SSSR count). The molecule has 21 heavy (non-hydrogen) atoms. The van der Waals surface area contributed by atoms with Crippen LogP contribution in [-0.2, 0) is 11.8 Å². The number of carboxylic acid groups (broad SMARTS) is 1. The number of benzene rings is 1. The summed E-state index contributed by atoms with van der Waals surface area (Å²) in [7, 11) is 1.67. The van der Waals surface area contributed by atoms with Gasteiger partial charge in [-0.25, -0.2) is 4.79 Å². The number of nitrogens with one attached hydrogen (secondary N) is 1. The van der Waals surface area contributed by atoms with Gasteiger partial charge in [0.2, 0.25) is 0 Å². The maximum atomic E-state index is 12.2. The summed E-state index contributed by atoms with van der Waals surface area (Å²) in [5.41, 5.74) is 6.73. The average Bonchev–Trinajstić information content (AvgIpc) is 2.80. The number of aromatic nitrogens is 2. The molecule has 1 aromatic carbocycles. The van der Waals surface area contributed by atoms with Crippen LogP contribution in [0.3, 0.4) is 0 Å². The summed E-state index contributed by atoms with van der Waals surface area (Å²) in [5.74, 6) is -1.70. The van der Waals surface area contributed by atoms with E-state index in [4.69, 9.17) is 5.73 Å². The van der Waals surface area contributed by atoms with Gasteiger partial charge in [-0.15, -0.1) is 0 Å². The summed E-state index contributed by atoms with van der Waals surface area (Å²) in [6, 6.07) is 3.51. The fourth-order valence-electron chi connectivity index (χ4n) is 1.83. The SMILES string of the molecule is Cn1cc(C(NC(=O)c2cc(N)cc(Br)c2)C(=O)O)cn1. The molecule has 0 saturated heterocycles. The number of carbonyl (C=O) groups excluding carboxylic acids is 1. The van der Waals surface area contributed by atoms with Crippen LogP contribution in [-0.4, -0.2) is 26.8 Å². The van der Waals surface area contributed by atoms with Crippen LogP contribution in [0.5, 0.6) is 0 Å². The maximum Gasteiger partial charge on any atom is 0.331 e. The van der Waals surface area contributed by atoms with Crippen molar-refractivity contribution in [1.82, 2.24) is 15.1 Å². The number of hydrogen-bond acceptors (Lipinski definition) is 4. The highest BCUT2D eigenvalue weighted by molar-refractivity contribution is 9.10. The Kier molecular flexibility index (Phi) is 4.27. The van der Waals surface area contributed by atoms with E-state index in [1.165, 1.54) is 23.1 Å². The van der Waals surface area contributed by atoms with Crippen molar-refractivity contribution in [2.75, 3.05) is 5.73 Å². The molecule has 0 bridgehead atoms. The average molecular weight is 353 g/mol. The van der Waals surface area contributed by atoms with E-state index in [0.717, 1.165) is 0 Å². The minimum atomic E-state index is -1.17. The van der Waals surface area contributed by atoms with Gasteiger partial charge < -0.3 is 16.2 Å². The number of halogens is 1. The normalized spacial score (nSPS) is 11.9. The quantitative estimate of drug-likeness (QED) is 0.718. The maximum absolute atomic E-state index is 12.2. The number of nitrogen functional groups attached to an aromatic ring is 1. The molecule has 1 amide bonds. The molecular formula is C13H13BrN4O3. The first-order chi connectivity index (χ1) is 9.86. The van der Waals surface area contributed by atoms with Gasteiger partial charge in [-0.1, -0.05) is 15.9 Å². The first-order valence-electron chi connectivity index (χ1n) is 5.95. The van der Waals surface area contributed by atoms with Crippen LogP contribution in [0.4, 0.5) is 5.69 Å². The molecule has 0 saturated carbocycles. The molecule has 2 aromatic rings. The lowest BCUT2D eigenvalue weighted by Crippen LogP contribution is -2.33. The molecule has 1 unspecified atom stereocenters. The number of aryl methyl sites for hydroxylation is 1. The van der Waals surface area contributed by atoms with E-state index in [2.05, 4.69) is 26.3 Å². The molecule has 0 aliphatic carbocycles. The molecule has 0 radical (unpaired) electrons. The minimum Gasteiger partial charge on any atom is -0.479 e. The highest BCUT2D eigenvalue weighted by Gasteiger charge is 2.24. The Hall–Kier alpha value is -2.35. The Bertz CT molecular complexity index is 678. The van der Waals surface area contributed by atoms with Crippen LogP contribution in [0.15, 0.2) is 35.1 Å². The second-order valence-electron chi connectivity index (χ2n) is 4.47. The monoisotopic (exact) mass is 352 g/mol. The van der Waals surface area contributed by atoms with Gasteiger partial charge in [0.15, 0.2) is 6.04 Å². The second kappa shape index (κ2) is 5.96. The van der Waals surface area contributed by atoms with E-state index in [0.29, 0.717) is 15.7 Å². The first kappa shape index (κ1) is 15.0. The molecular weight excluding hydrogens is 340 g/mol. The summed E-state index contributed by atoms with van der Waals surface area (Å²) in [6.07, 6.45) is 2.93. The predicted molar refractivity (Wildman–Crippen MR) is 79.6 cm³/mol. The highest BCUT2D eigenvalue weighted by atomic mass is 79.9. The van der Waals surface area contributed by atoms with Gasteiger partial charge in [0.25, 0.3) is 5.91 Å². The Morgan fingerprint density at radius 1 is 1.43 bits per heavy atom. The van der Waals surface area contributed by atoms with Gasteiger partial charge in [-0.3, -0.25) is 9.48 Å². The van der Waals surface area contributed by atoms with Crippen LogP contribution in [0, 0.1) is 0 Å². The van der Waals surface area contributed by atoms with Crippen molar-refractivity contribution >= 4 is 33.5 Å². The van der Waals surface area contributed by atoms with E-state index in [1.807, 2.05) is 0 Å². The Morgan fingerprint density at radius 3 is 2.67 bits per heavy atom. The number of aliphatic carboxylic acids is 1. The third-order valence-corrected chi connectivity index (χ3v) is 3.22. The molecule has 4 N–H and O–H groups in total. The Morgan fingerprint density at radius 2 is 2.14 bits per heavy atom. The summed E-state index contributed by atoms with van der Waals surface area (Å²) in [5, 5.41) is 15.6. The largest absolute Gasteiger partial charge is 0.479 e. The smallest absolute Gasteiger partial charge is 0.331 e. The van der Waals surface area contributed by atoms with Gasteiger partial charge in [-0.05, 0) is 18.2 Å². The van der Waals surface area contributed by atoms with Crippen molar-refractivity contribution in [1.29, 1.82) is 0 Å². The van der Waals surface area contributed by atoms with Crippen molar-refractivity contribution in [3.63, 3.8) is 0 Å². The molecule has 1 atom stereocenters. The molecule has 110 valence electrons. The number of nitrogens with two attached hydrogens (primary N) is 1. The van der Waals surface area contributed by atoms with Gasteiger partial charge in [0.05, 0.1) is 6.20 Å². The van der Waals surface area contributed by atoms with Crippen LogP contribution >= 0.6 is 15.9 Å².